The standard InChI is InChI=1S/C8H17NO4/c1-2-11-5-6-13-8(10)7-12-4-3-9/h2-7,9H2,1H3. The van der Waals surface area contributed by atoms with Gasteiger partial charge in [0.25, 0.3) is 0 Å². The predicted octanol–water partition coefficient (Wildman–Crippen LogP) is -0.459. The number of rotatable bonds is 8. The normalized spacial score (nSPS) is 10.0. The van der Waals surface area contributed by atoms with Crippen LogP contribution in [-0.2, 0) is 19.0 Å². The van der Waals surface area contributed by atoms with Crippen LogP contribution in [0.25, 0.3) is 0 Å². The monoisotopic (exact) mass is 191 g/mol. The third kappa shape index (κ3) is 9.26. The molecule has 0 rings (SSSR count). The van der Waals surface area contributed by atoms with Gasteiger partial charge in [-0.05, 0) is 6.92 Å². The fourth-order valence-electron chi connectivity index (χ4n) is 0.639. The first kappa shape index (κ1) is 12.3. The number of hydrogen-bond acceptors (Lipinski definition) is 5. The van der Waals surface area contributed by atoms with Crippen LogP contribution in [0.15, 0.2) is 0 Å². The van der Waals surface area contributed by atoms with E-state index in [0.29, 0.717) is 26.4 Å². The molecule has 0 aromatic carbocycles. The Morgan fingerprint density at radius 1 is 1.23 bits per heavy atom. The molecular formula is C8H17NO4. The zero-order chi connectivity index (χ0) is 9.94. The van der Waals surface area contributed by atoms with E-state index < -0.39 is 0 Å². The lowest BCUT2D eigenvalue weighted by Crippen LogP contribution is -2.18. The van der Waals surface area contributed by atoms with Crippen LogP contribution in [0.5, 0.6) is 0 Å². The van der Waals surface area contributed by atoms with Gasteiger partial charge >= 0.3 is 5.97 Å². The van der Waals surface area contributed by atoms with E-state index in [0.717, 1.165) is 0 Å². The Morgan fingerprint density at radius 2 is 2.00 bits per heavy atom. The Labute approximate surface area is 78.1 Å². The van der Waals surface area contributed by atoms with Crippen LogP contribution in [0.1, 0.15) is 6.92 Å². The van der Waals surface area contributed by atoms with Crippen molar-refractivity contribution in [1.82, 2.24) is 0 Å². The highest BCUT2D eigenvalue weighted by Gasteiger charge is 2.01. The summed E-state index contributed by atoms with van der Waals surface area (Å²) >= 11 is 0. The molecule has 5 heteroatoms. The average molecular weight is 191 g/mol. The summed E-state index contributed by atoms with van der Waals surface area (Å²) in [5.74, 6) is -0.381. The summed E-state index contributed by atoms with van der Waals surface area (Å²) in [6.07, 6.45) is 0. The third-order valence-electron chi connectivity index (χ3n) is 1.18. The van der Waals surface area contributed by atoms with Crippen molar-refractivity contribution in [2.75, 3.05) is 39.6 Å². The highest BCUT2D eigenvalue weighted by atomic mass is 16.6. The first-order valence-electron chi connectivity index (χ1n) is 4.32. The van der Waals surface area contributed by atoms with E-state index in [9.17, 15) is 4.79 Å². The summed E-state index contributed by atoms with van der Waals surface area (Å²) in [4.78, 5) is 10.8. The second kappa shape index (κ2) is 9.44. The fourth-order valence-corrected chi connectivity index (χ4v) is 0.639. The number of carbonyl (C=O) groups is 1. The van der Waals surface area contributed by atoms with Crippen LogP contribution in [0.3, 0.4) is 0 Å². The molecule has 0 aromatic rings. The van der Waals surface area contributed by atoms with Gasteiger partial charge in [0.05, 0.1) is 13.2 Å². The van der Waals surface area contributed by atoms with Gasteiger partial charge in [0.15, 0.2) is 0 Å². The smallest absolute Gasteiger partial charge is 0.332 e. The molecule has 2 N–H and O–H groups in total. The van der Waals surface area contributed by atoms with Gasteiger partial charge in [0, 0.05) is 13.2 Å². The van der Waals surface area contributed by atoms with Crippen molar-refractivity contribution in [1.29, 1.82) is 0 Å². The minimum atomic E-state index is -0.381. The Balaban J connectivity index is 3.11. The van der Waals surface area contributed by atoms with E-state index in [4.69, 9.17) is 19.9 Å². The Kier molecular flexibility index (Phi) is 8.97. The molecule has 0 aliphatic heterocycles. The van der Waals surface area contributed by atoms with Crippen molar-refractivity contribution < 1.29 is 19.0 Å². The van der Waals surface area contributed by atoms with Crippen molar-refractivity contribution in [3.63, 3.8) is 0 Å². The summed E-state index contributed by atoms with van der Waals surface area (Å²) in [7, 11) is 0. The largest absolute Gasteiger partial charge is 0.462 e. The van der Waals surface area contributed by atoms with E-state index in [2.05, 4.69) is 0 Å². The van der Waals surface area contributed by atoms with Gasteiger partial charge in [-0.3, -0.25) is 0 Å². The summed E-state index contributed by atoms with van der Waals surface area (Å²) in [5.41, 5.74) is 5.16. The third-order valence-corrected chi connectivity index (χ3v) is 1.18. The van der Waals surface area contributed by atoms with Crippen LogP contribution < -0.4 is 5.73 Å². The molecule has 0 saturated carbocycles. The quantitative estimate of drug-likeness (QED) is 0.415. The van der Waals surface area contributed by atoms with E-state index in [1.165, 1.54) is 0 Å². The van der Waals surface area contributed by atoms with Gasteiger partial charge in [0.1, 0.15) is 13.2 Å². The molecule has 0 atom stereocenters. The predicted molar refractivity (Wildman–Crippen MR) is 47.3 cm³/mol. The lowest BCUT2D eigenvalue weighted by Gasteiger charge is -2.04. The summed E-state index contributed by atoms with van der Waals surface area (Å²) in [5, 5.41) is 0. The Hall–Kier alpha value is -0.650. The van der Waals surface area contributed by atoms with Crippen LogP contribution >= 0.6 is 0 Å². The highest BCUT2D eigenvalue weighted by Crippen LogP contribution is 1.82. The molecule has 0 amide bonds. The number of nitrogens with two attached hydrogens (primary N) is 1. The molecule has 0 saturated heterocycles. The topological polar surface area (TPSA) is 70.8 Å². The molecule has 0 spiro atoms. The molecule has 0 bridgehead atoms. The van der Waals surface area contributed by atoms with Gasteiger partial charge in [-0.1, -0.05) is 0 Å². The highest BCUT2D eigenvalue weighted by molar-refractivity contribution is 5.70. The van der Waals surface area contributed by atoms with Crippen molar-refractivity contribution in [3.05, 3.63) is 0 Å². The lowest BCUT2D eigenvalue weighted by atomic mass is 10.6. The first-order valence-corrected chi connectivity index (χ1v) is 4.32. The van der Waals surface area contributed by atoms with Crippen LogP contribution in [0, 0.1) is 0 Å². The molecule has 0 heterocycles. The maximum absolute atomic E-state index is 10.8. The minimum Gasteiger partial charge on any atom is -0.462 e. The summed E-state index contributed by atoms with van der Waals surface area (Å²) in [6, 6.07) is 0. The Morgan fingerprint density at radius 3 is 2.62 bits per heavy atom. The molecule has 0 aliphatic rings. The minimum absolute atomic E-state index is 0.0384. The van der Waals surface area contributed by atoms with E-state index in [-0.39, 0.29) is 19.2 Å². The summed E-state index contributed by atoms with van der Waals surface area (Å²) < 4.78 is 14.6. The van der Waals surface area contributed by atoms with Gasteiger partial charge < -0.3 is 19.9 Å². The number of carbonyl (C=O) groups excluding carboxylic acids is 1. The van der Waals surface area contributed by atoms with Gasteiger partial charge in [-0.15, -0.1) is 0 Å². The van der Waals surface area contributed by atoms with Crippen molar-refractivity contribution >= 4 is 5.97 Å². The van der Waals surface area contributed by atoms with Crippen molar-refractivity contribution in [2.24, 2.45) is 5.73 Å². The second-order valence-electron chi connectivity index (χ2n) is 2.26. The van der Waals surface area contributed by atoms with Crippen LogP contribution in [0.4, 0.5) is 0 Å². The maximum atomic E-state index is 10.8. The van der Waals surface area contributed by atoms with Gasteiger partial charge in [-0.2, -0.15) is 0 Å². The Bertz CT molecular complexity index is 129. The zero-order valence-corrected chi connectivity index (χ0v) is 7.95. The van der Waals surface area contributed by atoms with Crippen LogP contribution in [-0.4, -0.2) is 45.5 Å². The van der Waals surface area contributed by atoms with E-state index in [1.807, 2.05) is 6.92 Å². The molecular weight excluding hydrogens is 174 g/mol. The maximum Gasteiger partial charge on any atom is 0.332 e. The first-order chi connectivity index (χ1) is 6.31. The SMILES string of the molecule is CCOCCOC(=O)COCCN. The molecule has 78 valence electrons. The van der Waals surface area contributed by atoms with Crippen molar-refractivity contribution in [2.45, 2.75) is 6.92 Å². The summed E-state index contributed by atoms with van der Waals surface area (Å²) in [6.45, 7) is 3.96. The molecule has 5 nitrogen and oxygen atoms in total. The molecule has 0 radical (unpaired) electrons. The number of esters is 1. The van der Waals surface area contributed by atoms with E-state index in [1.54, 1.807) is 0 Å². The molecule has 13 heavy (non-hydrogen) atoms. The van der Waals surface area contributed by atoms with E-state index >= 15 is 0 Å². The molecule has 0 unspecified atom stereocenters. The van der Waals surface area contributed by atoms with Gasteiger partial charge in [0.2, 0.25) is 0 Å². The molecule has 0 fully saturated rings. The average Bonchev–Trinajstić information content (AvgIpc) is 2.13. The van der Waals surface area contributed by atoms with Gasteiger partial charge in [-0.25, -0.2) is 4.79 Å². The fraction of sp³-hybridized carbons (Fsp3) is 0.875. The lowest BCUT2D eigenvalue weighted by molar-refractivity contribution is -0.150. The second-order valence-corrected chi connectivity index (χ2v) is 2.26. The number of ether oxygens (including phenoxy) is 3. The number of hydrogen-bond donors (Lipinski definition) is 1. The zero-order valence-electron chi connectivity index (χ0n) is 7.95. The van der Waals surface area contributed by atoms with Crippen LogP contribution in [0.2, 0.25) is 0 Å². The molecule has 0 aromatic heterocycles. The van der Waals surface area contributed by atoms with Crippen molar-refractivity contribution in [3.8, 4) is 0 Å². The molecule has 0 aliphatic carbocycles.